The Balaban J connectivity index is 1.92. The Kier molecular flexibility index (Phi) is 1.09. The zero-order chi connectivity index (χ0) is 6.27. The van der Waals surface area contributed by atoms with E-state index in [1.165, 1.54) is 12.8 Å². The highest BCUT2D eigenvalue weighted by Gasteiger charge is 2.36. The molecule has 0 unspecified atom stereocenters. The lowest BCUT2D eigenvalue weighted by Gasteiger charge is -2.02. The van der Waals surface area contributed by atoms with Crippen LogP contribution < -0.4 is 0 Å². The van der Waals surface area contributed by atoms with Crippen molar-refractivity contribution in [3.05, 3.63) is 0 Å². The summed E-state index contributed by atoms with van der Waals surface area (Å²) in [7, 11) is 0. The summed E-state index contributed by atoms with van der Waals surface area (Å²) in [5, 5.41) is 0. The van der Waals surface area contributed by atoms with Crippen molar-refractivity contribution in [2.24, 2.45) is 5.92 Å². The van der Waals surface area contributed by atoms with Crippen LogP contribution >= 0.6 is 0 Å². The maximum absolute atomic E-state index is 10.7. The largest absolute Gasteiger partial charge is 0.370 e. The van der Waals surface area contributed by atoms with E-state index in [1.54, 1.807) is 0 Å². The van der Waals surface area contributed by atoms with Crippen LogP contribution in [0.3, 0.4) is 0 Å². The smallest absolute Gasteiger partial charge is 0.161 e. The lowest BCUT2D eigenvalue weighted by molar-refractivity contribution is -0.117. The van der Waals surface area contributed by atoms with Crippen molar-refractivity contribution >= 4 is 5.78 Å². The fourth-order valence-electron chi connectivity index (χ4n) is 1.31. The lowest BCUT2D eigenvalue weighted by atomic mass is 10.1. The van der Waals surface area contributed by atoms with Crippen LogP contribution in [0.1, 0.15) is 19.3 Å². The molecule has 2 rings (SSSR count). The molecule has 50 valence electrons. The van der Waals surface area contributed by atoms with E-state index < -0.39 is 0 Å². The molecule has 2 heteroatoms. The Morgan fingerprint density at radius 1 is 1.44 bits per heavy atom. The summed E-state index contributed by atoms with van der Waals surface area (Å²) in [5.41, 5.74) is 0. The summed E-state index contributed by atoms with van der Waals surface area (Å²) in [4.78, 5) is 10.7. The molecule has 2 aliphatic rings. The third-order valence-corrected chi connectivity index (χ3v) is 2.04. The summed E-state index contributed by atoms with van der Waals surface area (Å²) >= 11 is 0. The maximum atomic E-state index is 10.7. The van der Waals surface area contributed by atoms with Gasteiger partial charge in [0.25, 0.3) is 0 Å². The molecule has 0 aromatic heterocycles. The summed E-state index contributed by atoms with van der Waals surface area (Å²) in [6, 6.07) is 0. The van der Waals surface area contributed by atoms with Crippen molar-refractivity contribution in [2.75, 3.05) is 6.61 Å². The van der Waals surface area contributed by atoms with Gasteiger partial charge in [-0.2, -0.15) is 0 Å². The zero-order valence-electron chi connectivity index (χ0n) is 5.30. The maximum Gasteiger partial charge on any atom is 0.161 e. The number of hydrogen-bond donors (Lipinski definition) is 0. The number of carbonyl (C=O) groups is 1. The van der Waals surface area contributed by atoms with E-state index in [1.807, 2.05) is 0 Å². The predicted octanol–water partition coefficient (Wildman–Crippen LogP) is 0.754. The Bertz CT molecular complexity index is 138. The van der Waals surface area contributed by atoms with Crippen molar-refractivity contribution < 1.29 is 9.53 Å². The molecule has 1 saturated heterocycles. The summed E-state index contributed by atoms with van der Waals surface area (Å²) in [5.74, 6) is 1.02. The molecule has 0 bridgehead atoms. The third-order valence-electron chi connectivity index (χ3n) is 2.04. The highest BCUT2D eigenvalue weighted by Crippen LogP contribution is 2.37. The molecule has 1 aliphatic heterocycles. The average molecular weight is 126 g/mol. The van der Waals surface area contributed by atoms with E-state index in [4.69, 9.17) is 4.74 Å². The topological polar surface area (TPSA) is 26.3 Å². The molecule has 0 amide bonds. The molecule has 2 fully saturated rings. The molecule has 1 atom stereocenters. The average Bonchev–Trinajstić information content (AvgIpc) is 2.58. The third kappa shape index (κ3) is 0.990. The van der Waals surface area contributed by atoms with Crippen molar-refractivity contribution in [1.29, 1.82) is 0 Å². The van der Waals surface area contributed by atoms with Gasteiger partial charge < -0.3 is 4.74 Å². The molecule has 2 nitrogen and oxygen atoms in total. The van der Waals surface area contributed by atoms with Gasteiger partial charge in [0.05, 0.1) is 6.10 Å². The van der Waals surface area contributed by atoms with E-state index in [0.717, 1.165) is 5.92 Å². The number of carbonyl (C=O) groups excluding carboxylic acids is 1. The summed E-state index contributed by atoms with van der Waals surface area (Å²) < 4.78 is 5.24. The number of hydrogen-bond acceptors (Lipinski definition) is 2. The monoisotopic (exact) mass is 126 g/mol. The highest BCUT2D eigenvalue weighted by molar-refractivity contribution is 5.81. The first-order valence-corrected chi connectivity index (χ1v) is 3.49. The quantitative estimate of drug-likeness (QED) is 0.518. The second-order valence-corrected chi connectivity index (χ2v) is 2.93. The zero-order valence-corrected chi connectivity index (χ0v) is 5.30. The predicted molar refractivity (Wildman–Crippen MR) is 32.1 cm³/mol. The van der Waals surface area contributed by atoms with Gasteiger partial charge in [-0.25, -0.2) is 0 Å². The highest BCUT2D eigenvalue weighted by atomic mass is 16.5. The van der Waals surface area contributed by atoms with Crippen LogP contribution in [0, 0.1) is 5.92 Å². The molecule has 1 aliphatic carbocycles. The van der Waals surface area contributed by atoms with Gasteiger partial charge in [0.1, 0.15) is 6.61 Å². The van der Waals surface area contributed by atoms with Gasteiger partial charge in [-0.15, -0.1) is 0 Å². The van der Waals surface area contributed by atoms with Gasteiger partial charge in [-0.05, 0) is 18.8 Å². The van der Waals surface area contributed by atoms with Gasteiger partial charge >= 0.3 is 0 Å². The molecule has 9 heavy (non-hydrogen) atoms. The van der Waals surface area contributed by atoms with Crippen molar-refractivity contribution in [2.45, 2.75) is 25.4 Å². The first-order valence-electron chi connectivity index (χ1n) is 3.49. The molecular formula is C7H10O2. The summed E-state index contributed by atoms with van der Waals surface area (Å²) in [6.45, 7) is 0.376. The molecular weight excluding hydrogens is 116 g/mol. The Morgan fingerprint density at radius 3 is 2.67 bits per heavy atom. The first-order chi connectivity index (χ1) is 4.36. The van der Waals surface area contributed by atoms with E-state index in [0.29, 0.717) is 19.1 Å². The van der Waals surface area contributed by atoms with Gasteiger partial charge in [0, 0.05) is 6.42 Å². The van der Waals surface area contributed by atoms with E-state index >= 15 is 0 Å². The van der Waals surface area contributed by atoms with Gasteiger partial charge in [-0.1, -0.05) is 0 Å². The van der Waals surface area contributed by atoms with Crippen molar-refractivity contribution in [3.63, 3.8) is 0 Å². The van der Waals surface area contributed by atoms with Crippen LogP contribution in [-0.2, 0) is 9.53 Å². The number of ketones is 1. The minimum atomic E-state index is 0.284. The van der Waals surface area contributed by atoms with Crippen LogP contribution in [0.5, 0.6) is 0 Å². The lowest BCUT2D eigenvalue weighted by Crippen LogP contribution is -2.06. The summed E-state index contributed by atoms with van der Waals surface area (Å²) in [6.07, 6.45) is 3.54. The van der Waals surface area contributed by atoms with E-state index in [2.05, 4.69) is 0 Å². The first kappa shape index (κ1) is 5.42. The van der Waals surface area contributed by atoms with Crippen LogP contribution in [-0.4, -0.2) is 18.5 Å². The molecule has 1 saturated carbocycles. The normalized spacial score (nSPS) is 35.6. The molecule has 0 N–H and O–H groups in total. The molecule has 0 aromatic rings. The van der Waals surface area contributed by atoms with Gasteiger partial charge in [0.15, 0.2) is 5.78 Å². The van der Waals surface area contributed by atoms with Crippen molar-refractivity contribution in [3.8, 4) is 0 Å². The van der Waals surface area contributed by atoms with Crippen LogP contribution in [0.2, 0.25) is 0 Å². The molecule has 1 heterocycles. The molecule has 0 spiro atoms. The minimum Gasteiger partial charge on any atom is -0.370 e. The fraction of sp³-hybridized carbons (Fsp3) is 0.857. The SMILES string of the molecule is O=C1CO[C@H](C2CC2)C1. The fourth-order valence-corrected chi connectivity index (χ4v) is 1.31. The number of ether oxygens (including phenoxy) is 1. The number of Topliss-reactive ketones (excluding diaryl/α,β-unsaturated/α-hetero) is 1. The Morgan fingerprint density at radius 2 is 2.22 bits per heavy atom. The molecule has 0 aromatic carbocycles. The van der Waals surface area contributed by atoms with E-state index in [9.17, 15) is 4.79 Å². The van der Waals surface area contributed by atoms with Crippen LogP contribution in [0.25, 0.3) is 0 Å². The minimum absolute atomic E-state index is 0.284. The second kappa shape index (κ2) is 1.81. The van der Waals surface area contributed by atoms with Gasteiger partial charge in [0.2, 0.25) is 0 Å². The van der Waals surface area contributed by atoms with Crippen molar-refractivity contribution in [1.82, 2.24) is 0 Å². The standard InChI is InChI=1S/C7H10O2/c8-6-3-7(9-4-6)5-1-2-5/h5,7H,1-4H2/t7-/m0/s1. The molecule has 0 radical (unpaired) electrons. The van der Waals surface area contributed by atoms with Crippen LogP contribution in [0.4, 0.5) is 0 Å². The Hall–Kier alpha value is -0.370. The number of rotatable bonds is 1. The second-order valence-electron chi connectivity index (χ2n) is 2.93. The van der Waals surface area contributed by atoms with Crippen LogP contribution in [0.15, 0.2) is 0 Å². The Labute approximate surface area is 54.2 Å². The van der Waals surface area contributed by atoms with E-state index in [-0.39, 0.29) is 5.78 Å². The van der Waals surface area contributed by atoms with Gasteiger partial charge in [-0.3, -0.25) is 4.79 Å².